The number of fused-ring (bicyclic) bond motifs is 1. The number of hydrogen-bond acceptors (Lipinski definition) is 9. The zero-order valence-corrected chi connectivity index (χ0v) is 32.1. The largest absolute Gasteiger partial charge is 0.444 e. The maximum atomic E-state index is 15.4. The summed E-state index contributed by atoms with van der Waals surface area (Å²) >= 11 is 0. The normalized spacial score (nSPS) is 17.8. The van der Waals surface area contributed by atoms with Crippen molar-refractivity contribution >= 4 is 46.6 Å². The molecule has 0 bridgehead atoms. The summed E-state index contributed by atoms with van der Waals surface area (Å²) in [4.78, 5) is 52.0. The molecule has 13 heteroatoms. The second-order valence-electron chi connectivity index (χ2n) is 16.0. The van der Waals surface area contributed by atoms with Crippen LogP contribution in [0.2, 0.25) is 0 Å². The first-order valence-corrected chi connectivity index (χ1v) is 18.5. The molecule has 0 saturated carbocycles. The van der Waals surface area contributed by atoms with Gasteiger partial charge in [-0.25, -0.2) is 23.5 Å². The number of benzene rings is 1. The first-order valence-electron chi connectivity index (χ1n) is 18.5. The highest BCUT2D eigenvalue weighted by molar-refractivity contribution is 6.10. The van der Waals surface area contributed by atoms with Crippen LogP contribution < -0.4 is 11.1 Å². The van der Waals surface area contributed by atoms with Crippen LogP contribution in [0, 0.1) is 11.7 Å². The Bertz CT molecular complexity index is 1860. The Labute approximate surface area is 311 Å². The number of nitrogens with two attached hydrogens (primary N) is 1. The summed E-state index contributed by atoms with van der Waals surface area (Å²) in [6.07, 6.45) is 9.44. The number of ether oxygens (including phenoxy) is 2. The number of nitrogens with one attached hydrogen (secondary N) is 1. The van der Waals surface area contributed by atoms with E-state index in [-0.39, 0.29) is 23.5 Å². The number of anilines is 1. The van der Waals surface area contributed by atoms with Gasteiger partial charge in [-0.3, -0.25) is 14.7 Å². The first kappa shape index (κ1) is 39.4. The van der Waals surface area contributed by atoms with Gasteiger partial charge in [0.25, 0.3) is 5.91 Å². The van der Waals surface area contributed by atoms with E-state index in [1.54, 1.807) is 34.0 Å². The van der Waals surface area contributed by atoms with Crippen molar-refractivity contribution in [2.45, 2.75) is 97.3 Å². The molecule has 0 aliphatic carbocycles. The van der Waals surface area contributed by atoms with E-state index in [4.69, 9.17) is 15.2 Å². The average Bonchev–Trinajstić information content (AvgIpc) is 3.67. The molecule has 2 aliphatic heterocycles. The summed E-state index contributed by atoms with van der Waals surface area (Å²) in [6.45, 7) is 13.9. The Hall–Kier alpha value is -4.78. The van der Waals surface area contributed by atoms with Gasteiger partial charge in [-0.05, 0) is 123 Å². The predicted molar refractivity (Wildman–Crippen MR) is 206 cm³/mol. The number of nitrogens with zero attached hydrogens (tertiary/aromatic N) is 5. The quantitative estimate of drug-likeness (QED) is 0.168. The predicted octanol–water partition coefficient (Wildman–Crippen LogP) is 7.78. The lowest BCUT2D eigenvalue weighted by Gasteiger charge is -2.33. The van der Waals surface area contributed by atoms with E-state index in [1.165, 1.54) is 18.3 Å². The molecule has 2 aromatic heterocycles. The third-order valence-electron chi connectivity index (χ3n) is 9.52. The van der Waals surface area contributed by atoms with Crippen LogP contribution in [-0.2, 0) is 9.47 Å². The molecule has 2 aliphatic rings. The van der Waals surface area contributed by atoms with Crippen molar-refractivity contribution in [1.29, 1.82) is 0 Å². The van der Waals surface area contributed by atoms with Gasteiger partial charge in [0.1, 0.15) is 22.8 Å². The molecule has 2 fully saturated rings. The number of allylic oxidation sites excluding steroid dienone is 1. The number of amides is 2. The average molecular weight is 732 g/mol. The third kappa shape index (κ3) is 10.2. The monoisotopic (exact) mass is 731 g/mol. The summed E-state index contributed by atoms with van der Waals surface area (Å²) < 4.78 is 28.2. The van der Waals surface area contributed by atoms with E-state index in [0.29, 0.717) is 42.2 Å². The number of carbonyl (C=O) groups excluding carboxylic acids is 3. The van der Waals surface area contributed by atoms with E-state index >= 15 is 4.39 Å². The van der Waals surface area contributed by atoms with Crippen molar-refractivity contribution in [2.24, 2.45) is 16.6 Å². The van der Waals surface area contributed by atoms with Gasteiger partial charge in [0.2, 0.25) is 0 Å². The van der Waals surface area contributed by atoms with E-state index in [9.17, 15) is 14.4 Å². The summed E-state index contributed by atoms with van der Waals surface area (Å²) in [5, 5.41) is 3.42. The fourth-order valence-electron chi connectivity index (χ4n) is 6.87. The summed E-state index contributed by atoms with van der Waals surface area (Å²) in [6, 6.07) is 7.86. The second kappa shape index (κ2) is 16.5. The Morgan fingerprint density at radius 3 is 2.32 bits per heavy atom. The molecule has 4 heterocycles. The van der Waals surface area contributed by atoms with Crippen LogP contribution in [0.1, 0.15) is 108 Å². The molecular weight excluding hydrogens is 677 g/mol. The fraction of sp³-hybridized carbons (Fsp3) is 0.525. The maximum absolute atomic E-state index is 15.4. The number of likely N-dealkylation sites (tertiary alicyclic amines) is 2. The molecule has 0 spiro atoms. The number of hydrogen-bond donors (Lipinski definition) is 2. The lowest BCUT2D eigenvalue weighted by molar-refractivity contribution is 0.0180. The molecule has 286 valence electrons. The second-order valence-corrected chi connectivity index (χ2v) is 16.0. The van der Waals surface area contributed by atoms with Crippen molar-refractivity contribution < 1.29 is 28.2 Å². The fourth-order valence-corrected chi connectivity index (χ4v) is 6.87. The Morgan fingerprint density at radius 2 is 1.70 bits per heavy atom. The van der Waals surface area contributed by atoms with Crippen molar-refractivity contribution in [1.82, 2.24) is 19.4 Å². The highest BCUT2D eigenvalue weighted by Crippen LogP contribution is 2.35. The molecular formula is C40H54FN7O5. The van der Waals surface area contributed by atoms with Crippen molar-refractivity contribution in [3.8, 4) is 0 Å². The number of halogens is 1. The SMILES string of the molecule is CN1CCCC1c1cc2cnc(NC(=O)c3ccc(/C(C=NCCCC4CCN(C(=O)OC(C)(C)C)CC4)=C/N)cc3F)cc2n1C(=O)OC(C)(C)C. The highest BCUT2D eigenvalue weighted by atomic mass is 19.1. The van der Waals surface area contributed by atoms with Gasteiger partial charge in [0.15, 0.2) is 0 Å². The van der Waals surface area contributed by atoms with Crippen LogP contribution >= 0.6 is 0 Å². The van der Waals surface area contributed by atoms with Gasteiger partial charge < -0.3 is 25.4 Å². The van der Waals surface area contributed by atoms with Gasteiger partial charge in [0, 0.05) is 61.0 Å². The van der Waals surface area contributed by atoms with Crippen LogP contribution in [0.3, 0.4) is 0 Å². The molecule has 2 saturated heterocycles. The topological polar surface area (TPSA) is 144 Å². The van der Waals surface area contributed by atoms with E-state index in [0.717, 1.165) is 56.1 Å². The minimum Gasteiger partial charge on any atom is -0.444 e. The van der Waals surface area contributed by atoms with E-state index < -0.39 is 29.0 Å². The van der Waals surface area contributed by atoms with E-state index in [1.807, 2.05) is 54.7 Å². The number of aromatic nitrogens is 2. The number of carbonyl (C=O) groups is 3. The molecule has 3 aromatic rings. The zero-order valence-electron chi connectivity index (χ0n) is 32.1. The zero-order chi connectivity index (χ0) is 38.5. The third-order valence-corrected chi connectivity index (χ3v) is 9.52. The number of pyridine rings is 1. The lowest BCUT2D eigenvalue weighted by Crippen LogP contribution is -2.41. The van der Waals surface area contributed by atoms with Crippen molar-refractivity contribution in [2.75, 3.05) is 38.5 Å². The minimum atomic E-state index is -0.727. The van der Waals surface area contributed by atoms with Gasteiger partial charge in [-0.1, -0.05) is 6.07 Å². The molecule has 53 heavy (non-hydrogen) atoms. The lowest BCUT2D eigenvalue weighted by atomic mass is 9.92. The molecule has 5 rings (SSSR count). The van der Waals surface area contributed by atoms with E-state index in [2.05, 4.69) is 20.2 Å². The summed E-state index contributed by atoms with van der Waals surface area (Å²) in [7, 11) is 2.03. The minimum absolute atomic E-state index is 0.0279. The van der Waals surface area contributed by atoms with Crippen molar-refractivity contribution in [3.63, 3.8) is 0 Å². The van der Waals surface area contributed by atoms with Crippen LogP contribution in [0.15, 0.2) is 47.7 Å². The van der Waals surface area contributed by atoms with Gasteiger partial charge in [-0.2, -0.15) is 0 Å². The van der Waals surface area contributed by atoms with Crippen LogP contribution in [-0.4, -0.2) is 88.1 Å². The number of aliphatic imine (C=N–C) groups is 1. The van der Waals surface area contributed by atoms with Crippen molar-refractivity contribution in [3.05, 3.63) is 65.4 Å². The molecule has 1 aromatic carbocycles. The smallest absolute Gasteiger partial charge is 0.419 e. The van der Waals surface area contributed by atoms with Crippen LogP contribution in [0.25, 0.3) is 16.5 Å². The van der Waals surface area contributed by atoms with Crippen LogP contribution in [0.5, 0.6) is 0 Å². The molecule has 1 unspecified atom stereocenters. The Balaban J connectivity index is 1.19. The number of rotatable bonds is 9. The molecule has 12 nitrogen and oxygen atoms in total. The number of piperidine rings is 1. The van der Waals surface area contributed by atoms with Gasteiger partial charge >= 0.3 is 12.2 Å². The summed E-state index contributed by atoms with van der Waals surface area (Å²) in [5.74, 6) is -0.722. The molecule has 1 atom stereocenters. The Kier molecular flexibility index (Phi) is 12.3. The molecule has 2 amide bonds. The van der Waals surface area contributed by atoms with Gasteiger partial charge in [-0.15, -0.1) is 0 Å². The summed E-state index contributed by atoms with van der Waals surface area (Å²) in [5.41, 5.74) is 6.84. The van der Waals surface area contributed by atoms with Gasteiger partial charge in [0.05, 0.1) is 17.1 Å². The van der Waals surface area contributed by atoms with Crippen LogP contribution in [0.4, 0.5) is 19.8 Å². The first-order chi connectivity index (χ1) is 25.0. The molecule has 3 N–H and O–H groups in total. The molecule has 0 radical (unpaired) electrons. The maximum Gasteiger partial charge on any atom is 0.419 e. The highest BCUT2D eigenvalue weighted by Gasteiger charge is 2.31. The standard InChI is InChI=1S/C40H54FN7O5/c1-39(2,3)52-37(50)47-18-14-26(15-19-47)10-8-16-43-24-29(23-42)27-12-13-30(31(41)20-27)36(49)45-35-22-33-28(25-44-35)21-34(32-11-9-17-46(32)7)48(33)38(51)53-40(4,5)6/h12-13,20-26,32H,8-11,14-19,42H2,1-7H3,(H,44,45,49)/b29-23+,43-24?. The Morgan fingerprint density at radius 1 is 1.00 bits per heavy atom.